The molecular formula is C19H18N6O5. The van der Waals surface area contributed by atoms with E-state index in [9.17, 15) is 19.5 Å². The van der Waals surface area contributed by atoms with Crippen LogP contribution in [0.15, 0.2) is 35.8 Å². The van der Waals surface area contributed by atoms with Gasteiger partial charge in [0.2, 0.25) is 5.43 Å². The fraction of sp³-hybridized carbons (Fsp3) is 0.316. The van der Waals surface area contributed by atoms with Gasteiger partial charge in [-0.3, -0.25) is 23.8 Å². The third kappa shape index (κ3) is 2.66. The second-order valence-electron chi connectivity index (χ2n) is 7.31. The monoisotopic (exact) mass is 410 g/mol. The maximum atomic E-state index is 12.8. The van der Waals surface area contributed by atoms with Crippen LogP contribution < -0.4 is 10.7 Å². The Morgan fingerprint density at radius 3 is 3.03 bits per heavy atom. The number of nitrogens with zero attached hydrogens (tertiary/aromatic N) is 5. The van der Waals surface area contributed by atoms with E-state index in [1.807, 2.05) is 6.92 Å². The Hall–Kier alpha value is -3.73. The number of ether oxygens (including phenoxy) is 1. The molecule has 11 heteroatoms. The third-order valence-electron chi connectivity index (χ3n) is 5.43. The van der Waals surface area contributed by atoms with Gasteiger partial charge in [0.1, 0.15) is 5.56 Å². The summed E-state index contributed by atoms with van der Waals surface area (Å²) in [5.41, 5.74) is 0.0587. The Morgan fingerprint density at radius 1 is 1.37 bits per heavy atom. The average molecular weight is 410 g/mol. The zero-order valence-corrected chi connectivity index (χ0v) is 16.0. The molecule has 0 aliphatic carbocycles. The lowest BCUT2D eigenvalue weighted by atomic mass is 10.1. The Kier molecular flexibility index (Phi) is 4.07. The topological polar surface area (TPSA) is 131 Å². The summed E-state index contributed by atoms with van der Waals surface area (Å²) in [6, 6.07) is -0.158. The molecule has 2 N–H and O–H groups in total. The number of nitrogens with one attached hydrogen (secondary N) is 1. The number of hydrogen-bond donors (Lipinski definition) is 2. The minimum atomic E-state index is -0.888. The molecular weight excluding hydrogens is 392 g/mol. The molecule has 2 atom stereocenters. The molecule has 0 aromatic carbocycles. The molecule has 0 saturated carbocycles. The lowest BCUT2D eigenvalue weighted by Gasteiger charge is -2.33. The smallest absolute Gasteiger partial charge is 0.276 e. The van der Waals surface area contributed by atoms with Crippen LogP contribution in [-0.4, -0.2) is 59.6 Å². The van der Waals surface area contributed by atoms with E-state index in [1.54, 1.807) is 29.2 Å². The highest BCUT2D eigenvalue weighted by Crippen LogP contribution is 2.29. The van der Waals surface area contributed by atoms with Crippen LogP contribution >= 0.6 is 0 Å². The number of imidazole rings is 1. The molecule has 3 aromatic heterocycles. The third-order valence-corrected chi connectivity index (χ3v) is 5.43. The van der Waals surface area contributed by atoms with E-state index >= 15 is 0 Å². The number of aromatic nitrogens is 4. The van der Waals surface area contributed by atoms with Crippen LogP contribution in [0, 0.1) is 0 Å². The van der Waals surface area contributed by atoms with Gasteiger partial charge in [-0.15, -0.1) is 0 Å². The molecule has 0 bridgehead atoms. The Bertz CT molecular complexity index is 1250. The maximum Gasteiger partial charge on any atom is 0.276 e. The summed E-state index contributed by atoms with van der Waals surface area (Å²) in [6.45, 7) is 2.54. The number of hydrogen-bond acceptors (Lipinski definition) is 7. The van der Waals surface area contributed by atoms with Crippen LogP contribution in [0.5, 0.6) is 5.75 Å². The van der Waals surface area contributed by atoms with Gasteiger partial charge in [0.05, 0.1) is 43.8 Å². The molecule has 5 heterocycles. The maximum absolute atomic E-state index is 12.8. The largest absolute Gasteiger partial charge is 0.503 e. The van der Waals surface area contributed by atoms with Crippen molar-refractivity contribution in [2.75, 3.05) is 6.61 Å². The highest BCUT2D eigenvalue weighted by Gasteiger charge is 2.42. The zero-order valence-electron chi connectivity index (χ0n) is 16.0. The van der Waals surface area contributed by atoms with Crippen LogP contribution in [0.1, 0.15) is 33.5 Å². The van der Waals surface area contributed by atoms with Gasteiger partial charge in [0, 0.05) is 18.6 Å². The fourth-order valence-corrected chi connectivity index (χ4v) is 3.93. The second-order valence-corrected chi connectivity index (χ2v) is 7.31. The molecule has 11 nitrogen and oxygen atoms in total. The Morgan fingerprint density at radius 2 is 2.20 bits per heavy atom. The predicted molar refractivity (Wildman–Crippen MR) is 102 cm³/mol. The SMILES string of the molecule is C[C@H]1COC2Cn3cc(C(=O)NCc4cnc5cnccn45)c(=O)c(O)c3C(=O)N21. The van der Waals surface area contributed by atoms with Gasteiger partial charge < -0.3 is 24.6 Å². The number of pyridine rings is 1. The quantitative estimate of drug-likeness (QED) is 0.607. The van der Waals surface area contributed by atoms with E-state index in [0.717, 1.165) is 0 Å². The van der Waals surface area contributed by atoms with Crippen molar-refractivity contribution in [3.8, 4) is 5.75 Å². The van der Waals surface area contributed by atoms with E-state index in [0.29, 0.717) is 17.9 Å². The van der Waals surface area contributed by atoms with Crippen LogP contribution in [-0.2, 0) is 17.8 Å². The Labute approximate surface area is 169 Å². The first kappa shape index (κ1) is 18.3. The zero-order chi connectivity index (χ0) is 21.0. The van der Waals surface area contributed by atoms with Crippen molar-refractivity contribution in [3.05, 3.63) is 58.2 Å². The molecule has 2 amide bonds. The number of fused-ring (bicyclic) bond motifs is 3. The Balaban J connectivity index is 1.44. The summed E-state index contributed by atoms with van der Waals surface area (Å²) < 4.78 is 8.78. The molecule has 1 unspecified atom stereocenters. The first-order valence-electron chi connectivity index (χ1n) is 9.40. The van der Waals surface area contributed by atoms with Gasteiger partial charge in [-0.05, 0) is 6.92 Å². The minimum absolute atomic E-state index is 0.113. The summed E-state index contributed by atoms with van der Waals surface area (Å²) >= 11 is 0. The summed E-state index contributed by atoms with van der Waals surface area (Å²) in [4.78, 5) is 47.8. The highest BCUT2D eigenvalue weighted by atomic mass is 16.5. The van der Waals surface area contributed by atoms with Crippen LogP contribution in [0.4, 0.5) is 0 Å². The van der Waals surface area contributed by atoms with E-state index in [1.165, 1.54) is 15.7 Å². The van der Waals surface area contributed by atoms with Gasteiger partial charge in [-0.1, -0.05) is 0 Å². The number of amides is 2. The van der Waals surface area contributed by atoms with Gasteiger partial charge >= 0.3 is 0 Å². The molecule has 30 heavy (non-hydrogen) atoms. The van der Waals surface area contributed by atoms with Crippen molar-refractivity contribution in [2.24, 2.45) is 0 Å². The summed E-state index contributed by atoms with van der Waals surface area (Å²) in [5.74, 6) is -1.88. The van der Waals surface area contributed by atoms with Crippen molar-refractivity contribution in [3.63, 3.8) is 0 Å². The molecule has 3 aromatic rings. The van der Waals surface area contributed by atoms with Crippen LogP contribution in [0.25, 0.3) is 5.65 Å². The first-order chi connectivity index (χ1) is 14.5. The standard InChI is InChI=1S/C19H18N6O5/c1-10-9-30-14-8-23-7-12(16(26)17(27)15(23)19(29)25(10)14)18(28)22-5-11-4-21-13-6-20-2-3-24(11)13/h2-4,6-7,10,14,27H,5,8-9H2,1H3,(H,22,28)/t10-,14?/m0/s1. The van der Waals surface area contributed by atoms with Crippen molar-refractivity contribution >= 4 is 17.5 Å². The fourth-order valence-electron chi connectivity index (χ4n) is 3.93. The van der Waals surface area contributed by atoms with Crippen molar-refractivity contribution in [1.82, 2.24) is 29.2 Å². The van der Waals surface area contributed by atoms with E-state index in [4.69, 9.17) is 4.74 Å². The number of rotatable bonds is 3. The molecule has 1 fully saturated rings. The minimum Gasteiger partial charge on any atom is -0.503 e. The summed E-state index contributed by atoms with van der Waals surface area (Å²) in [5, 5.41) is 13.1. The molecule has 1 saturated heterocycles. The van der Waals surface area contributed by atoms with Crippen molar-refractivity contribution < 1.29 is 19.4 Å². The van der Waals surface area contributed by atoms with Gasteiger partial charge in [0.25, 0.3) is 11.8 Å². The van der Waals surface area contributed by atoms with Gasteiger partial charge in [-0.25, -0.2) is 4.98 Å². The van der Waals surface area contributed by atoms with Crippen LogP contribution in [0.3, 0.4) is 0 Å². The molecule has 0 spiro atoms. The van der Waals surface area contributed by atoms with E-state index in [2.05, 4.69) is 15.3 Å². The molecule has 2 aliphatic rings. The average Bonchev–Trinajstić information content (AvgIpc) is 3.32. The molecule has 154 valence electrons. The van der Waals surface area contributed by atoms with Crippen molar-refractivity contribution in [2.45, 2.75) is 32.3 Å². The second kappa shape index (κ2) is 6.66. The normalized spacial score (nSPS) is 20.3. The lowest BCUT2D eigenvalue weighted by Crippen LogP contribution is -2.49. The lowest BCUT2D eigenvalue weighted by molar-refractivity contribution is 0.00624. The first-order valence-corrected chi connectivity index (χ1v) is 9.40. The molecule has 0 radical (unpaired) electrons. The predicted octanol–water partition coefficient (Wildman–Crippen LogP) is -0.273. The van der Waals surface area contributed by atoms with Gasteiger partial charge in [-0.2, -0.15) is 0 Å². The summed E-state index contributed by atoms with van der Waals surface area (Å²) in [6.07, 6.45) is 7.30. The van der Waals surface area contributed by atoms with Crippen molar-refractivity contribution in [1.29, 1.82) is 0 Å². The van der Waals surface area contributed by atoms with E-state index < -0.39 is 29.2 Å². The molecule has 2 aliphatic heterocycles. The highest BCUT2D eigenvalue weighted by molar-refractivity contribution is 5.99. The number of aromatic hydroxyl groups is 1. The van der Waals surface area contributed by atoms with Gasteiger partial charge in [0.15, 0.2) is 23.3 Å². The summed E-state index contributed by atoms with van der Waals surface area (Å²) in [7, 11) is 0. The number of carbonyl (C=O) groups excluding carboxylic acids is 2. The number of carbonyl (C=O) groups is 2. The van der Waals surface area contributed by atoms with E-state index in [-0.39, 0.29) is 30.4 Å². The van der Waals surface area contributed by atoms with Crippen LogP contribution in [0.2, 0.25) is 0 Å². The molecule has 5 rings (SSSR count).